The number of nitrogens with zero attached hydrogens (tertiary/aromatic N) is 5. The van der Waals surface area contributed by atoms with E-state index in [0.29, 0.717) is 0 Å². The molecule has 0 unspecified atom stereocenters. The molecule has 0 amide bonds. The lowest BCUT2D eigenvalue weighted by molar-refractivity contribution is -0.594. The summed E-state index contributed by atoms with van der Waals surface area (Å²) in [4.78, 5) is 5.03. The monoisotopic (exact) mass is 762 g/mol. The van der Waals surface area contributed by atoms with Crippen molar-refractivity contribution in [2.24, 2.45) is 0 Å². The number of para-hydroxylation sites is 2. The minimum atomic E-state index is -0.101. The Kier molecular flexibility index (Phi) is 8.73. The third-order valence-electron chi connectivity index (χ3n) is 11.3. The standard InChI is InChI=1S/C52H52N5O/c1-50(2,3)35-16-15-19-39(28-35)54-26-27-55(34-54)40-29-37(52(7,8)9)30-42(32-40)58-41-22-23-44-46(33-41)57(47-31-36(24-25-53-47)51(4,5)6)49-43-20-13-14-21-45(43)56(48(44)49)38-17-11-10-12-18-38/h10-34H,1-9H3/q+1. The summed E-state index contributed by atoms with van der Waals surface area (Å²) in [5, 5.41) is 2.29. The molecule has 4 aromatic heterocycles. The van der Waals surface area contributed by atoms with Gasteiger partial charge in [-0.2, -0.15) is 0 Å². The van der Waals surface area contributed by atoms with Crippen LogP contribution in [0.15, 0.2) is 152 Å². The predicted octanol–water partition coefficient (Wildman–Crippen LogP) is 12.9. The number of hydrogen-bond donors (Lipinski definition) is 0. The molecule has 0 N–H and O–H groups in total. The summed E-state index contributed by atoms with van der Waals surface area (Å²) in [5.41, 5.74) is 11.4. The zero-order valence-electron chi connectivity index (χ0n) is 35.1. The molecule has 0 fully saturated rings. The summed E-state index contributed by atoms with van der Waals surface area (Å²) >= 11 is 0. The average Bonchev–Trinajstić information content (AvgIpc) is 3.90. The summed E-state index contributed by atoms with van der Waals surface area (Å²) < 4.78 is 16.0. The third-order valence-corrected chi connectivity index (χ3v) is 11.3. The Bertz CT molecular complexity index is 2980. The Morgan fingerprint density at radius 2 is 1.21 bits per heavy atom. The molecule has 0 radical (unpaired) electrons. The van der Waals surface area contributed by atoms with Gasteiger partial charge in [0, 0.05) is 34.8 Å². The van der Waals surface area contributed by atoms with E-state index in [1.54, 1.807) is 0 Å². The Balaban J connectivity index is 1.21. The molecule has 0 bridgehead atoms. The number of pyridine rings is 1. The highest BCUT2D eigenvalue weighted by Gasteiger charge is 2.25. The lowest BCUT2D eigenvalue weighted by Crippen LogP contribution is -2.28. The molecule has 0 atom stereocenters. The van der Waals surface area contributed by atoms with Crippen LogP contribution in [0.5, 0.6) is 11.5 Å². The summed E-state index contributed by atoms with van der Waals surface area (Å²) in [7, 11) is 0. The molecule has 5 aromatic carbocycles. The quantitative estimate of drug-likeness (QED) is 0.158. The van der Waals surface area contributed by atoms with Crippen LogP contribution >= 0.6 is 0 Å². The van der Waals surface area contributed by atoms with Crippen LogP contribution < -0.4 is 9.30 Å². The van der Waals surface area contributed by atoms with E-state index < -0.39 is 0 Å². The minimum Gasteiger partial charge on any atom is -0.457 e. The molecule has 9 aromatic rings. The number of rotatable bonds is 6. The lowest BCUT2D eigenvalue weighted by atomic mass is 9.86. The smallest absolute Gasteiger partial charge is 0.254 e. The maximum Gasteiger partial charge on any atom is 0.254 e. The molecular weight excluding hydrogens is 711 g/mol. The number of fused-ring (bicyclic) bond motifs is 5. The maximum absolute atomic E-state index is 6.91. The first-order valence-electron chi connectivity index (χ1n) is 20.3. The molecule has 0 saturated carbocycles. The van der Waals surface area contributed by atoms with Gasteiger partial charge in [-0.25, -0.2) is 14.1 Å². The average molecular weight is 763 g/mol. The van der Waals surface area contributed by atoms with Gasteiger partial charge in [0.05, 0.1) is 22.1 Å². The molecule has 6 nitrogen and oxygen atoms in total. The number of hydrogen-bond acceptors (Lipinski definition) is 2. The topological polar surface area (TPSA) is 40.8 Å². The van der Waals surface area contributed by atoms with Gasteiger partial charge in [0.2, 0.25) is 0 Å². The van der Waals surface area contributed by atoms with Crippen LogP contribution in [0.2, 0.25) is 0 Å². The van der Waals surface area contributed by atoms with Gasteiger partial charge >= 0.3 is 0 Å². The van der Waals surface area contributed by atoms with Crippen molar-refractivity contribution in [3.8, 4) is 34.4 Å². The van der Waals surface area contributed by atoms with Crippen molar-refractivity contribution in [3.63, 3.8) is 0 Å². The first kappa shape index (κ1) is 37.2. The van der Waals surface area contributed by atoms with Crippen LogP contribution in [0, 0.1) is 0 Å². The van der Waals surface area contributed by atoms with E-state index >= 15 is 0 Å². The van der Waals surface area contributed by atoms with Gasteiger partial charge in [0.15, 0.2) is 0 Å². The maximum atomic E-state index is 6.91. The van der Waals surface area contributed by atoms with Crippen molar-refractivity contribution in [1.29, 1.82) is 0 Å². The Labute approximate surface area is 341 Å². The molecule has 0 aliphatic heterocycles. The van der Waals surface area contributed by atoms with Gasteiger partial charge in [-0.3, -0.25) is 4.57 Å². The second-order valence-corrected chi connectivity index (χ2v) is 18.6. The van der Waals surface area contributed by atoms with Crippen LogP contribution in [0.4, 0.5) is 0 Å². The van der Waals surface area contributed by atoms with Gasteiger partial charge in [-0.15, -0.1) is 0 Å². The fourth-order valence-corrected chi connectivity index (χ4v) is 8.02. The molecule has 9 rings (SSSR count). The Morgan fingerprint density at radius 1 is 0.517 bits per heavy atom. The first-order valence-corrected chi connectivity index (χ1v) is 20.3. The van der Waals surface area contributed by atoms with Gasteiger partial charge in [-0.1, -0.05) is 111 Å². The summed E-state index contributed by atoms with van der Waals surface area (Å²) in [6.45, 7) is 20.3. The second-order valence-electron chi connectivity index (χ2n) is 18.6. The van der Waals surface area contributed by atoms with E-state index in [2.05, 4.69) is 227 Å². The normalized spacial score (nSPS) is 12.6. The molecule has 290 valence electrons. The van der Waals surface area contributed by atoms with Crippen LogP contribution in [-0.2, 0) is 16.2 Å². The van der Waals surface area contributed by atoms with Gasteiger partial charge < -0.3 is 9.30 Å². The molecule has 0 aliphatic rings. The number of imidazole rings is 1. The Hall–Kier alpha value is -6.40. The molecule has 0 saturated heterocycles. The van der Waals surface area contributed by atoms with Crippen molar-refractivity contribution in [2.75, 3.05) is 0 Å². The zero-order valence-corrected chi connectivity index (χ0v) is 35.1. The highest BCUT2D eigenvalue weighted by Crippen LogP contribution is 2.42. The summed E-state index contributed by atoms with van der Waals surface area (Å²) in [6, 6.07) is 45.6. The third kappa shape index (κ3) is 6.66. The van der Waals surface area contributed by atoms with Crippen molar-refractivity contribution >= 4 is 32.8 Å². The second kappa shape index (κ2) is 13.6. The van der Waals surface area contributed by atoms with E-state index in [-0.39, 0.29) is 16.2 Å². The van der Waals surface area contributed by atoms with Crippen LogP contribution in [0.3, 0.4) is 0 Å². The molecule has 6 heteroatoms. The van der Waals surface area contributed by atoms with E-state index in [9.17, 15) is 0 Å². The molecule has 0 spiro atoms. The van der Waals surface area contributed by atoms with E-state index in [4.69, 9.17) is 9.72 Å². The van der Waals surface area contributed by atoms with Crippen LogP contribution in [0.1, 0.15) is 79.0 Å². The summed E-state index contributed by atoms with van der Waals surface area (Å²) in [6.07, 6.45) is 8.32. The van der Waals surface area contributed by atoms with E-state index in [0.717, 1.165) is 61.8 Å². The molecule has 58 heavy (non-hydrogen) atoms. The predicted molar refractivity (Wildman–Crippen MR) is 239 cm³/mol. The number of aromatic nitrogens is 5. The van der Waals surface area contributed by atoms with Gasteiger partial charge in [0.1, 0.15) is 41.1 Å². The van der Waals surface area contributed by atoms with Crippen LogP contribution in [-0.4, -0.2) is 18.7 Å². The largest absolute Gasteiger partial charge is 0.457 e. The van der Waals surface area contributed by atoms with Gasteiger partial charge in [0.25, 0.3) is 6.33 Å². The minimum absolute atomic E-state index is 0.0443. The van der Waals surface area contributed by atoms with Crippen molar-refractivity contribution < 1.29 is 9.30 Å². The highest BCUT2D eigenvalue weighted by atomic mass is 16.5. The molecular formula is C52H52N5O+. The van der Waals surface area contributed by atoms with Crippen molar-refractivity contribution in [2.45, 2.75) is 78.6 Å². The fraction of sp³-hybridized carbons (Fsp3) is 0.231. The van der Waals surface area contributed by atoms with Crippen LogP contribution in [0.25, 0.3) is 55.7 Å². The van der Waals surface area contributed by atoms with E-state index in [1.165, 1.54) is 22.1 Å². The zero-order chi connectivity index (χ0) is 40.6. The summed E-state index contributed by atoms with van der Waals surface area (Å²) in [5.74, 6) is 2.42. The SMILES string of the molecule is CC(C)(C)c1cc(Oc2ccc3c(c2)n(-c2cc(C(C)(C)C)ccn2)c2c4ccccc4n(-c4ccccc4)c32)cc(-n2cc[n+](-c3cccc(C(C)(C)C)c3)c2)c1. The lowest BCUT2D eigenvalue weighted by Gasteiger charge is -2.21. The van der Waals surface area contributed by atoms with Crippen molar-refractivity contribution in [3.05, 3.63) is 169 Å². The molecule has 0 aliphatic carbocycles. The fourth-order valence-electron chi connectivity index (χ4n) is 8.02. The first-order chi connectivity index (χ1) is 27.6. The van der Waals surface area contributed by atoms with Gasteiger partial charge in [-0.05, 0) is 99.7 Å². The van der Waals surface area contributed by atoms with E-state index in [1.807, 2.05) is 6.20 Å². The molecule has 4 heterocycles. The Morgan fingerprint density at radius 3 is 1.97 bits per heavy atom. The number of ether oxygens (including phenoxy) is 1. The number of benzene rings is 5. The highest BCUT2D eigenvalue weighted by molar-refractivity contribution is 6.20. The van der Waals surface area contributed by atoms with Crippen molar-refractivity contribution in [1.82, 2.24) is 18.7 Å².